The van der Waals surface area contributed by atoms with Gasteiger partial charge in [-0.2, -0.15) is 13.2 Å². The van der Waals surface area contributed by atoms with Gasteiger partial charge in [0.05, 0.1) is 23.5 Å². The SMILES string of the molecule is CCCCc1cc(C(F)(F)F)ccc1C=CC(=O)N[C@H](C)c1ccc(NS(C)(=O)=O)c(F)c1. The van der Waals surface area contributed by atoms with Gasteiger partial charge < -0.3 is 5.32 Å². The van der Waals surface area contributed by atoms with Crippen LogP contribution in [0.1, 0.15) is 55.0 Å². The van der Waals surface area contributed by atoms with E-state index in [9.17, 15) is 30.8 Å². The summed E-state index contributed by atoms with van der Waals surface area (Å²) in [5.41, 5.74) is 0.481. The predicted octanol–water partition coefficient (Wildman–Crippen LogP) is 5.45. The summed E-state index contributed by atoms with van der Waals surface area (Å²) in [5.74, 6) is -1.30. The molecule has 0 heterocycles. The van der Waals surface area contributed by atoms with Gasteiger partial charge in [-0.15, -0.1) is 0 Å². The van der Waals surface area contributed by atoms with Crippen LogP contribution in [-0.2, 0) is 27.4 Å². The first-order valence-corrected chi connectivity index (χ1v) is 12.1. The van der Waals surface area contributed by atoms with Gasteiger partial charge in [0.2, 0.25) is 15.9 Å². The largest absolute Gasteiger partial charge is 0.416 e. The molecule has 2 aromatic rings. The summed E-state index contributed by atoms with van der Waals surface area (Å²) < 4.78 is 77.8. The number of hydrogen-bond acceptors (Lipinski definition) is 3. The molecule has 0 saturated heterocycles. The lowest BCUT2D eigenvalue weighted by molar-refractivity contribution is -0.137. The second-order valence-electron chi connectivity index (χ2n) is 7.69. The number of carbonyl (C=O) groups is 1. The maximum Gasteiger partial charge on any atom is 0.416 e. The summed E-state index contributed by atoms with van der Waals surface area (Å²) >= 11 is 0. The third-order valence-corrected chi connectivity index (χ3v) is 5.42. The third kappa shape index (κ3) is 8.20. The van der Waals surface area contributed by atoms with Gasteiger partial charge >= 0.3 is 6.18 Å². The van der Waals surface area contributed by atoms with E-state index in [0.717, 1.165) is 30.9 Å². The lowest BCUT2D eigenvalue weighted by Crippen LogP contribution is -2.24. The minimum atomic E-state index is -4.45. The molecule has 0 radical (unpaired) electrons. The van der Waals surface area contributed by atoms with Gasteiger partial charge in [0.25, 0.3) is 0 Å². The van der Waals surface area contributed by atoms with E-state index in [2.05, 4.69) is 10.0 Å². The van der Waals surface area contributed by atoms with E-state index in [1.165, 1.54) is 30.4 Å². The number of carbonyl (C=O) groups excluding carboxylic acids is 1. The topological polar surface area (TPSA) is 75.3 Å². The summed E-state index contributed by atoms with van der Waals surface area (Å²) in [4.78, 5) is 12.3. The van der Waals surface area contributed by atoms with Crippen molar-refractivity contribution < 1.29 is 30.8 Å². The van der Waals surface area contributed by atoms with Crippen LogP contribution in [0.5, 0.6) is 0 Å². The van der Waals surface area contributed by atoms with Crippen molar-refractivity contribution in [2.45, 2.75) is 45.3 Å². The van der Waals surface area contributed by atoms with Gasteiger partial charge in [0.15, 0.2) is 0 Å². The molecule has 0 aromatic heterocycles. The fourth-order valence-corrected chi connectivity index (χ4v) is 3.69. The molecule has 0 unspecified atom stereocenters. The highest BCUT2D eigenvalue weighted by atomic mass is 32.2. The van der Waals surface area contributed by atoms with Crippen molar-refractivity contribution >= 4 is 27.7 Å². The Kier molecular flexibility index (Phi) is 8.65. The van der Waals surface area contributed by atoms with Gasteiger partial charge in [-0.05, 0) is 66.8 Å². The highest BCUT2D eigenvalue weighted by molar-refractivity contribution is 7.92. The van der Waals surface area contributed by atoms with Crippen LogP contribution >= 0.6 is 0 Å². The molecule has 5 nitrogen and oxygen atoms in total. The molecule has 1 atom stereocenters. The lowest BCUT2D eigenvalue weighted by atomic mass is 9.98. The number of sulfonamides is 1. The average molecular weight is 487 g/mol. The normalized spacial score (nSPS) is 13.2. The molecule has 0 spiro atoms. The van der Waals surface area contributed by atoms with Crippen molar-refractivity contribution in [3.05, 3.63) is 70.5 Å². The first kappa shape index (κ1) is 26.4. The summed E-state index contributed by atoms with van der Waals surface area (Å²) in [7, 11) is -3.64. The standard InChI is InChI=1S/C23H26F4N2O3S/c1-4-5-6-18-13-19(23(25,26)27)10-7-16(18)9-12-22(30)28-15(2)17-8-11-21(20(24)14-17)29-33(3,31)32/h7-15,29H,4-6H2,1-3H3,(H,28,30)/t15-/m1/s1. The fraction of sp³-hybridized carbons (Fsp3) is 0.348. The van der Waals surface area contributed by atoms with E-state index in [0.29, 0.717) is 29.5 Å². The first-order valence-electron chi connectivity index (χ1n) is 10.3. The molecule has 33 heavy (non-hydrogen) atoms. The van der Waals surface area contributed by atoms with E-state index in [1.54, 1.807) is 6.92 Å². The summed E-state index contributed by atoms with van der Waals surface area (Å²) in [6, 6.07) is 6.66. The molecule has 2 rings (SSSR count). The van der Waals surface area contributed by atoms with Crippen LogP contribution in [0.3, 0.4) is 0 Å². The molecular formula is C23H26F4N2O3S. The Balaban J connectivity index is 2.13. The number of alkyl halides is 3. The number of unbranched alkanes of at least 4 members (excludes halogenated alkanes) is 1. The molecule has 0 saturated carbocycles. The van der Waals surface area contributed by atoms with Crippen LogP contribution in [0.25, 0.3) is 6.08 Å². The van der Waals surface area contributed by atoms with Gasteiger partial charge in [-0.1, -0.05) is 25.5 Å². The van der Waals surface area contributed by atoms with Crippen LogP contribution in [-0.4, -0.2) is 20.6 Å². The molecule has 2 aromatic carbocycles. The molecule has 0 bridgehead atoms. The maximum absolute atomic E-state index is 14.2. The Hall–Kier alpha value is -2.88. The lowest BCUT2D eigenvalue weighted by Gasteiger charge is -2.15. The zero-order valence-corrected chi connectivity index (χ0v) is 19.3. The zero-order valence-electron chi connectivity index (χ0n) is 18.5. The van der Waals surface area contributed by atoms with Crippen molar-refractivity contribution in [1.29, 1.82) is 0 Å². The van der Waals surface area contributed by atoms with Crippen LogP contribution in [0.2, 0.25) is 0 Å². The monoisotopic (exact) mass is 486 g/mol. The Morgan fingerprint density at radius 2 is 1.85 bits per heavy atom. The number of aryl methyl sites for hydroxylation is 1. The molecule has 0 aliphatic rings. The van der Waals surface area contributed by atoms with Crippen LogP contribution in [0.15, 0.2) is 42.5 Å². The number of halogens is 4. The second-order valence-corrected chi connectivity index (χ2v) is 9.44. The number of hydrogen-bond donors (Lipinski definition) is 2. The maximum atomic E-state index is 14.2. The van der Waals surface area contributed by atoms with Crippen molar-refractivity contribution in [2.75, 3.05) is 11.0 Å². The quantitative estimate of drug-likeness (QED) is 0.366. The van der Waals surface area contributed by atoms with E-state index in [4.69, 9.17) is 0 Å². The van der Waals surface area contributed by atoms with Crippen molar-refractivity contribution in [1.82, 2.24) is 5.32 Å². The molecule has 10 heteroatoms. The van der Waals surface area contributed by atoms with Crippen LogP contribution in [0.4, 0.5) is 23.2 Å². The fourth-order valence-electron chi connectivity index (χ4n) is 3.12. The number of benzene rings is 2. The zero-order chi connectivity index (χ0) is 24.8. The minimum Gasteiger partial charge on any atom is -0.346 e. The van der Waals surface area contributed by atoms with Crippen LogP contribution < -0.4 is 10.0 Å². The molecule has 0 fully saturated rings. The van der Waals surface area contributed by atoms with Gasteiger partial charge in [0.1, 0.15) is 5.82 Å². The van der Waals surface area contributed by atoms with Gasteiger partial charge in [0, 0.05) is 6.08 Å². The van der Waals surface area contributed by atoms with E-state index >= 15 is 0 Å². The minimum absolute atomic E-state index is 0.207. The van der Waals surface area contributed by atoms with E-state index in [-0.39, 0.29) is 5.69 Å². The average Bonchev–Trinajstić information content (AvgIpc) is 2.70. The summed E-state index contributed by atoms with van der Waals surface area (Å²) in [6.07, 6.45) is 1.09. The Labute approximate surface area is 190 Å². The molecule has 1 amide bonds. The first-order chi connectivity index (χ1) is 15.3. The molecule has 180 valence electrons. The number of amides is 1. The molecule has 2 N–H and O–H groups in total. The summed E-state index contributed by atoms with van der Waals surface area (Å²) in [5, 5.41) is 2.65. The Morgan fingerprint density at radius 1 is 1.15 bits per heavy atom. The van der Waals surface area contributed by atoms with Crippen molar-refractivity contribution in [3.63, 3.8) is 0 Å². The molecule has 0 aliphatic carbocycles. The van der Waals surface area contributed by atoms with Gasteiger partial charge in [-0.3, -0.25) is 9.52 Å². The highest BCUT2D eigenvalue weighted by Crippen LogP contribution is 2.31. The number of anilines is 1. The smallest absolute Gasteiger partial charge is 0.346 e. The number of nitrogens with one attached hydrogen (secondary N) is 2. The molecular weight excluding hydrogens is 460 g/mol. The summed E-state index contributed by atoms with van der Waals surface area (Å²) in [6.45, 7) is 3.56. The Bertz CT molecular complexity index is 1130. The van der Waals surface area contributed by atoms with Gasteiger partial charge in [-0.25, -0.2) is 12.8 Å². The predicted molar refractivity (Wildman–Crippen MR) is 121 cm³/mol. The van der Waals surface area contributed by atoms with Crippen LogP contribution in [0, 0.1) is 5.82 Å². The second kappa shape index (κ2) is 10.8. The third-order valence-electron chi connectivity index (χ3n) is 4.83. The van der Waals surface area contributed by atoms with E-state index < -0.39 is 39.5 Å². The Morgan fingerprint density at radius 3 is 2.42 bits per heavy atom. The van der Waals surface area contributed by atoms with Crippen molar-refractivity contribution in [3.8, 4) is 0 Å². The molecule has 0 aliphatic heterocycles. The number of rotatable bonds is 9. The van der Waals surface area contributed by atoms with E-state index in [1.807, 2.05) is 6.92 Å². The van der Waals surface area contributed by atoms with Crippen molar-refractivity contribution in [2.24, 2.45) is 0 Å². The highest BCUT2D eigenvalue weighted by Gasteiger charge is 2.30.